The Morgan fingerprint density at radius 3 is 2.36 bits per heavy atom. The molecule has 11 heteroatoms. The molecule has 4 rings (SSSR count). The van der Waals surface area contributed by atoms with Gasteiger partial charge in [0, 0.05) is 44.6 Å². The summed E-state index contributed by atoms with van der Waals surface area (Å²) in [5.41, 5.74) is 1.06. The summed E-state index contributed by atoms with van der Waals surface area (Å²) in [5, 5.41) is 11.0. The van der Waals surface area contributed by atoms with E-state index in [1.165, 1.54) is 4.31 Å². The van der Waals surface area contributed by atoms with E-state index in [0.29, 0.717) is 49.2 Å². The topological polar surface area (TPSA) is 113 Å². The van der Waals surface area contributed by atoms with Crippen LogP contribution in [-0.2, 0) is 10.0 Å². The van der Waals surface area contributed by atoms with Crippen LogP contribution in [0.5, 0.6) is 0 Å². The number of nitrogens with zero attached hydrogens (tertiary/aromatic N) is 7. The number of aryl methyl sites for hydroxylation is 3. The van der Waals surface area contributed by atoms with Gasteiger partial charge in [-0.15, -0.1) is 0 Å². The molecular formula is C17H22N8O2S. The third kappa shape index (κ3) is 3.27. The fourth-order valence-corrected chi connectivity index (χ4v) is 5.18. The molecule has 3 aromatic heterocycles. The summed E-state index contributed by atoms with van der Waals surface area (Å²) in [6.07, 6.45) is 3.52. The Morgan fingerprint density at radius 1 is 1.04 bits per heavy atom. The largest absolute Gasteiger partial charge is 0.354 e. The van der Waals surface area contributed by atoms with Gasteiger partial charge in [-0.05, 0) is 26.8 Å². The molecule has 10 nitrogen and oxygen atoms in total. The van der Waals surface area contributed by atoms with Gasteiger partial charge in [0.1, 0.15) is 16.5 Å². The standard InChI is InChI=1S/C17H22N8O2S/c1-12-17(13(2)22-21-12)28(26,27)24-9-7-23(8-10-24)15-11-16(20-14(3)19-15)25-6-4-5-18-25/h4-6,11H,7-10H2,1-3H3,(H,21,22). The summed E-state index contributed by atoms with van der Waals surface area (Å²) in [6, 6.07) is 3.70. The van der Waals surface area contributed by atoms with Gasteiger partial charge < -0.3 is 4.90 Å². The molecule has 0 aromatic carbocycles. The lowest BCUT2D eigenvalue weighted by molar-refractivity contribution is 0.383. The lowest BCUT2D eigenvalue weighted by Crippen LogP contribution is -2.49. The molecule has 1 aliphatic rings. The molecule has 0 radical (unpaired) electrons. The molecule has 4 heterocycles. The number of piperazine rings is 1. The first-order chi connectivity index (χ1) is 13.4. The number of sulfonamides is 1. The van der Waals surface area contributed by atoms with E-state index in [2.05, 4.69) is 30.2 Å². The third-order valence-electron chi connectivity index (χ3n) is 4.77. The monoisotopic (exact) mass is 402 g/mol. The molecule has 0 amide bonds. The summed E-state index contributed by atoms with van der Waals surface area (Å²) in [7, 11) is -3.57. The minimum absolute atomic E-state index is 0.278. The van der Waals surface area contributed by atoms with E-state index in [1.807, 2.05) is 25.3 Å². The Balaban J connectivity index is 1.54. The molecule has 1 aliphatic heterocycles. The molecule has 1 fully saturated rings. The Kier molecular flexibility index (Phi) is 4.63. The minimum Gasteiger partial charge on any atom is -0.354 e. The van der Waals surface area contributed by atoms with Crippen molar-refractivity contribution in [1.29, 1.82) is 0 Å². The van der Waals surface area contributed by atoms with Crippen LogP contribution in [0, 0.1) is 20.8 Å². The average molecular weight is 402 g/mol. The summed E-state index contributed by atoms with van der Waals surface area (Å²) < 4.78 is 29.2. The van der Waals surface area contributed by atoms with Crippen LogP contribution in [0.3, 0.4) is 0 Å². The van der Waals surface area contributed by atoms with Crippen molar-refractivity contribution in [3.05, 3.63) is 41.7 Å². The van der Waals surface area contributed by atoms with Crippen LogP contribution in [0.1, 0.15) is 17.2 Å². The van der Waals surface area contributed by atoms with E-state index in [4.69, 9.17) is 0 Å². The highest BCUT2D eigenvalue weighted by Gasteiger charge is 2.32. The normalized spacial score (nSPS) is 15.9. The molecular weight excluding hydrogens is 380 g/mol. The highest BCUT2D eigenvalue weighted by atomic mass is 32.2. The summed E-state index contributed by atoms with van der Waals surface area (Å²) in [4.78, 5) is 11.3. The fourth-order valence-electron chi connectivity index (χ4n) is 3.43. The fraction of sp³-hybridized carbons (Fsp3) is 0.412. The predicted molar refractivity (Wildman–Crippen MR) is 103 cm³/mol. The van der Waals surface area contributed by atoms with Gasteiger partial charge in [-0.25, -0.2) is 23.1 Å². The summed E-state index contributed by atoms with van der Waals surface area (Å²) in [5.74, 6) is 2.10. The lowest BCUT2D eigenvalue weighted by Gasteiger charge is -2.34. The first-order valence-electron chi connectivity index (χ1n) is 8.98. The number of aromatic amines is 1. The van der Waals surface area contributed by atoms with Crippen LogP contribution in [0.4, 0.5) is 5.82 Å². The van der Waals surface area contributed by atoms with Crippen molar-refractivity contribution in [1.82, 2.24) is 34.3 Å². The molecule has 0 bridgehead atoms. The van der Waals surface area contributed by atoms with Gasteiger partial charge in [-0.1, -0.05) is 0 Å². The van der Waals surface area contributed by atoms with Crippen LogP contribution in [-0.4, -0.2) is 68.8 Å². The summed E-state index contributed by atoms with van der Waals surface area (Å²) >= 11 is 0. The van der Waals surface area contributed by atoms with E-state index in [-0.39, 0.29) is 4.90 Å². The third-order valence-corrected chi connectivity index (χ3v) is 6.93. The maximum atomic E-state index is 13.0. The molecule has 1 saturated heterocycles. The van der Waals surface area contributed by atoms with E-state index >= 15 is 0 Å². The predicted octanol–water partition coefficient (Wildman–Crippen LogP) is 0.822. The number of hydrogen-bond donors (Lipinski definition) is 1. The Labute approximate surface area is 163 Å². The number of nitrogens with one attached hydrogen (secondary N) is 1. The van der Waals surface area contributed by atoms with Crippen LogP contribution in [0.15, 0.2) is 29.4 Å². The molecule has 148 valence electrons. The van der Waals surface area contributed by atoms with Crippen molar-refractivity contribution in [2.24, 2.45) is 0 Å². The smallest absolute Gasteiger partial charge is 0.246 e. The SMILES string of the molecule is Cc1nc(N2CCN(S(=O)(=O)c3c(C)n[nH]c3C)CC2)cc(-n2cccn2)n1. The average Bonchev–Trinajstić information content (AvgIpc) is 3.31. The number of aromatic nitrogens is 6. The zero-order valence-corrected chi connectivity index (χ0v) is 16.8. The minimum atomic E-state index is -3.57. The Bertz CT molecular complexity index is 1060. The van der Waals surface area contributed by atoms with Gasteiger partial charge in [0.15, 0.2) is 5.82 Å². The van der Waals surface area contributed by atoms with Crippen LogP contribution in [0.2, 0.25) is 0 Å². The van der Waals surface area contributed by atoms with E-state index in [1.54, 1.807) is 24.7 Å². The second-order valence-electron chi connectivity index (χ2n) is 6.74. The van der Waals surface area contributed by atoms with Crippen molar-refractivity contribution in [3.63, 3.8) is 0 Å². The molecule has 0 atom stereocenters. The van der Waals surface area contributed by atoms with Crippen molar-refractivity contribution < 1.29 is 8.42 Å². The molecule has 3 aromatic rings. The molecule has 28 heavy (non-hydrogen) atoms. The van der Waals surface area contributed by atoms with Gasteiger partial charge >= 0.3 is 0 Å². The molecule has 0 aliphatic carbocycles. The maximum absolute atomic E-state index is 13.0. The van der Waals surface area contributed by atoms with Gasteiger partial charge in [0.2, 0.25) is 10.0 Å². The Morgan fingerprint density at radius 2 is 1.75 bits per heavy atom. The zero-order valence-electron chi connectivity index (χ0n) is 16.0. The van der Waals surface area contributed by atoms with Gasteiger partial charge in [-0.2, -0.15) is 14.5 Å². The van der Waals surface area contributed by atoms with Gasteiger partial charge in [0.25, 0.3) is 0 Å². The maximum Gasteiger partial charge on any atom is 0.246 e. The quantitative estimate of drug-likeness (QED) is 0.687. The van der Waals surface area contributed by atoms with Crippen LogP contribution >= 0.6 is 0 Å². The first kappa shape index (κ1) is 18.6. The van der Waals surface area contributed by atoms with Crippen LogP contribution in [0.25, 0.3) is 5.82 Å². The number of H-pyrrole nitrogens is 1. The van der Waals surface area contributed by atoms with Crippen LogP contribution < -0.4 is 4.90 Å². The summed E-state index contributed by atoms with van der Waals surface area (Å²) in [6.45, 7) is 7.12. The second kappa shape index (κ2) is 6.99. The first-order valence-corrected chi connectivity index (χ1v) is 10.4. The van der Waals surface area contributed by atoms with Crippen molar-refractivity contribution >= 4 is 15.8 Å². The molecule has 0 spiro atoms. The number of anilines is 1. The Hall–Kier alpha value is -2.79. The van der Waals surface area contributed by atoms with Crippen molar-refractivity contribution in [2.45, 2.75) is 25.7 Å². The number of hydrogen-bond acceptors (Lipinski definition) is 7. The van der Waals surface area contributed by atoms with Gasteiger partial charge in [0.05, 0.1) is 11.4 Å². The van der Waals surface area contributed by atoms with E-state index in [0.717, 1.165) is 5.82 Å². The number of rotatable bonds is 4. The zero-order chi connectivity index (χ0) is 19.9. The van der Waals surface area contributed by atoms with Gasteiger partial charge in [-0.3, -0.25) is 5.10 Å². The lowest BCUT2D eigenvalue weighted by atomic mass is 10.3. The molecule has 1 N–H and O–H groups in total. The highest BCUT2D eigenvalue weighted by molar-refractivity contribution is 7.89. The van der Waals surface area contributed by atoms with E-state index in [9.17, 15) is 8.42 Å². The highest BCUT2D eigenvalue weighted by Crippen LogP contribution is 2.24. The van der Waals surface area contributed by atoms with Crippen molar-refractivity contribution in [3.8, 4) is 5.82 Å². The van der Waals surface area contributed by atoms with Crippen molar-refractivity contribution in [2.75, 3.05) is 31.1 Å². The van der Waals surface area contributed by atoms with E-state index < -0.39 is 10.0 Å². The molecule has 0 unspecified atom stereocenters. The second-order valence-corrected chi connectivity index (χ2v) is 8.61. The molecule has 0 saturated carbocycles.